The molecule has 3 N–H and O–H groups in total. The van der Waals surface area contributed by atoms with Gasteiger partial charge in [0.25, 0.3) is 0 Å². The van der Waals surface area contributed by atoms with Crippen molar-refractivity contribution in [1.82, 2.24) is 4.90 Å². The second-order valence-electron chi connectivity index (χ2n) is 6.03. The number of nitrogens with one attached hydrogen (secondary N) is 1. The maximum absolute atomic E-state index is 12.4. The minimum atomic E-state index is -0.110. The molecule has 140 valence electrons. The zero-order valence-electron chi connectivity index (χ0n) is 14.4. The molecular formula is C19H23Cl2N3O2. The molecule has 2 aromatic carbocycles. The van der Waals surface area contributed by atoms with Crippen LogP contribution in [-0.4, -0.2) is 43.3 Å². The smallest absolute Gasteiger partial charge is 0.322 e. The molecule has 1 heterocycles. The van der Waals surface area contributed by atoms with Crippen LogP contribution in [0.4, 0.5) is 10.5 Å². The van der Waals surface area contributed by atoms with E-state index in [9.17, 15) is 4.79 Å². The monoisotopic (exact) mass is 395 g/mol. The SMILES string of the molecule is Cl.NCCC1CN(C(=O)Nc2ccc(-c3cccc(Cl)c3)cc2)CCO1. The third kappa shape index (κ3) is 5.35. The maximum Gasteiger partial charge on any atom is 0.322 e. The highest BCUT2D eigenvalue weighted by atomic mass is 35.5. The van der Waals surface area contributed by atoms with Crippen LogP contribution < -0.4 is 11.1 Å². The van der Waals surface area contributed by atoms with Gasteiger partial charge in [0.2, 0.25) is 0 Å². The van der Waals surface area contributed by atoms with Crippen molar-refractivity contribution in [2.75, 3.05) is 31.6 Å². The Labute approximate surface area is 164 Å². The van der Waals surface area contributed by atoms with Gasteiger partial charge in [-0.2, -0.15) is 0 Å². The summed E-state index contributed by atoms with van der Waals surface area (Å²) in [6, 6.07) is 15.3. The van der Waals surface area contributed by atoms with E-state index >= 15 is 0 Å². The van der Waals surface area contributed by atoms with Crippen LogP contribution >= 0.6 is 24.0 Å². The van der Waals surface area contributed by atoms with Crippen LogP contribution in [-0.2, 0) is 4.74 Å². The number of anilines is 1. The summed E-state index contributed by atoms with van der Waals surface area (Å²) in [5.74, 6) is 0. The van der Waals surface area contributed by atoms with Crippen molar-refractivity contribution in [2.24, 2.45) is 5.73 Å². The highest BCUT2D eigenvalue weighted by Crippen LogP contribution is 2.24. The van der Waals surface area contributed by atoms with Gasteiger partial charge in [0.15, 0.2) is 0 Å². The van der Waals surface area contributed by atoms with Gasteiger partial charge in [-0.15, -0.1) is 12.4 Å². The Bertz CT molecular complexity index is 723. The molecule has 1 aliphatic rings. The number of hydrogen-bond acceptors (Lipinski definition) is 3. The van der Waals surface area contributed by atoms with E-state index in [1.807, 2.05) is 48.5 Å². The van der Waals surface area contributed by atoms with E-state index < -0.39 is 0 Å². The lowest BCUT2D eigenvalue weighted by molar-refractivity contribution is -0.0146. The number of morpholine rings is 1. The molecule has 26 heavy (non-hydrogen) atoms. The molecule has 0 aliphatic carbocycles. The van der Waals surface area contributed by atoms with Crippen LogP contribution in [0.5, 0.6) is 0 Å². The third-order valence-corrected chi connectivity index (χ3v) is 4.44. The van der Waals surface area contributed by atoms with E-state index in [0.717, 1.165) is 23.2 Å². The number of nitrogens with two attached hydrogens (primary N) is 1. The molecule has 0 radical (unpaired) electrons. The van der Waals surface area contributed by atoms with E-state index in [-0.39, 0.29) is 24.5 Å². The number of benzene rings is 2. The van der Waals surface area contributed by atoms with Gasteiger partial charge in [-0.3, -0.25) is 0 Å². The van der Waals surface area contributed by atoms with Crippen LogP contribution in [0.3, 0.4) is 0 Å². The molecule has 1 fully saturated rings. The molecule has 7 heteroatoms. The molecule has 1 unspecified atom stereocenters. The van der Waals surface area contributed by atoms with Gasteiger partial charge in [-0.1, -0.05) is 35.9 Å². The second kappa shape index (κ2) is 9.78. The fourth-order valence-corrected chi connectivity index (χ4v) is 3.07. The molecule has 1 saturated heterocycles. The van der Waals surface area contributed by atoms with Crippen molar-refractivity contribution in [3.8, 4) is 11.1 Å². The Morgan fingerprint density at radius 3 is 2.69 bits per heavy atom. The van der Waals surface area contributed by atoms with Crippen molar-refractivity contribution >= 4 is 35.7 Å². The van der Waals surface area contributed by atoms with Gasteiger partial charge < -0.3 is 20.7 Å². The average Bonchev–Trinajstić information content (AvgIpc) is 2.63. The minimum Gasteiger partial charge on any atom is -0.374 e. The summed E-state index contributed by atoms with van der Waals surface area (Å²) >= 11 is 6.03. The number of ether oxygens (including phenoxy) is 1. The van der Waals surface area contributed by atoms with E-state index in [1.165, 1.54) is 0 Å². The van der Waals surface area contributed by atoms with Crippen molar-refractivity contribution in [1.29, 1.82) is 0 Å². The van der Waals surface area contributed by atoms with Crippen LogP contribution in [0.1, 0.15) is 6.42 Å². The summed E-state index contributed by atoms with van der Waals surface area (Å²) in [5, 5.41) is 3.64. The highest BCUT2D eigenvalue weighted by molar-refractivity contribution is 6.30. The molecular weight excluding hydrogens is 373 g/mol. The zero-order valence-corrected chi connectivity index (χ0v) is 15.9. The molecule has 5 nitrogen and oxygen atoms in total. The number of carbonyl (C=O) groups is 1. The molecule has 2 aromatic rings. The number of hydrogen-bond donors (Lipinski definition) is 2. The minimum absolute atomic E-state index is 0. The van der Waals surface area contributed by atoms with Crippen molar-refractivity contribution < 1.29 is 9.53 Å². The molecule has 0 aromatic heterocycles. The number of nitrogens with zero attached hydrogens (tertiary/aromatic N) is 1. The molecule has 1 aliphatic heterocycles. The summed E-state index contributed by atoms with van der Waals surface area (Å²) in [7, 11) is 0. The van der Waals surface area contributed by atoms with Crippen LogP contribution in [0, 0.1) is 0 Å². The fraction of sp³-hybridized carbons (Fsp3) is 0.316. The highest BCUT2D eigenvalue weighted by Gasteiger charge is 2.23. The summed E-state index contributed by atoms with van der Waals surface area (Å²) in [6.45, 7) is 2.27. The lowest BCUT2D eigenvalue weighted by Gasteiger charge is -2.32. The average molecular weight is 396 g/mol. The predicted molar refractivity (Wildman–Crippen MR) is 108 cm³/mol. The van der Waals surface area contributed by atoms with Gasteiger partial charge in [-0.25, -0.2) is 4.79 Å². The lowest BCUT2D eigenvalue weighted by Crippen LogP contribution is -2.47. The van der Waals surface area contributed by atoms with E-state index in [1.54, 1.807) is 4.90 Å². The topological polar surface area (TPSA) is 67.6 Å². The Morgan fingerprint density at radius 1 is 1.23 bits per heavy atom. The number of rotatable bonds is 4. The summed E-state index contributed by atoms with van der Waals surface area (Å²) in [5.41, 5.74) is 8.43. The van der Waals surface area contributed by atoms with Crippen molar-refractivity contribution in [3.05, 3.63) is 53.6 Å². The van der Waals surface area contributed by atoms with Crippen LogP contribution in [0.15, 0.2) is 48.5 Å². The maximum atomic E-state index is 12.4. The van der Waals surface area contributed by atoms with Gasteiger partial charge in [-0.05, 0) is 48.4 Å². The Morgan fingerprint density at radius 2 is 2.00 bits per heavy atom. The summed E-state index contributed by atoms with van der Waals surface area (Å²) in [6.07, 6.45) is 0.785. The lowest BCUT2D eigenvalue weighted by atomic mass is 10.1. The van der Waals surface area contributed by atoms with Crippen molar-refractivity contribution in [2.45, 2.75) is 12.5 Å². The van der Waals surface area contributed by atoms with E-state index in [0.29, 0.717) is 31.3 Å². The fourth-order valence-electron chi connectivity index (χ4n) is 2.88. The Balaban J connectivity index is 0.00000243. The molecule has 3 rings (SSSR count). The second-order valence-corrected chi connectivity index (χ2v) is 6.47. The van der Waals surface area contributed by atoms with Gasteiger partial charge in [0.05, 0.1) is 12.7 Å². The Hall–Kier alpha value is -1.79. The first-order chi connectivity index (χ1) is 12.2. The first-order valence-electron chi connectivity index (χ1n) is 8.39. The first-order valence-corrected chi connectivity index (χ1v) is 8.77. The van der Waals surface area contributed by atoms with Gasteiger partial charge in [0, 0.05) is 23.8 Å². The number of amides is 2. The molecule has 2 amide bonds. The van der Waals surface area contributed by atoms with Gasteiger partial charge in [0.1, 0.15) is 0 Å². The first kappa shape index (κ1) is 20.5. The molecule has 0 saturated carbocycles. The summed E-state index contributed by atoms with van der Waals surface area (Å²) < 4.78 is 5.61. The Kier molecular flexibility index (Phi) is 7.72. The van der Waals surface area contributed by atoms with Crippen LogP contribution in [0.2, 0.25) is 5.02 Å². The molecule has 1 atom stereocenters. The van der Waals surface area contributed by atoms with E-state index in [2.05, 4.69) is 5.32 Å². The van der Waals surface area contributed by atoms with Gasteiger partial charge >= 0.3 is 6.03 Å². The summed E-state index contributed by atoms with van der Waals surface area (Å²) in [4.78, 5) is 14.2. The number of urea groups is 1. The molecule has 0 spiro atoms. The molecule has 0 bridgehead atoms. The predicted octanol–water partition coefficient (Wildman–Crippen LogP) is 4.01. The van der Waals surface area contributed by atoms with E-state index in [4.69, 9.17) is 22.1 Å². The number of carbonyl (C=O) groups excluding carboxylic acids is 1. The van der Waals surface area contributed by atoms with Crippen molar-refractivity contribution in [3.63, 3.8) is 0 Å². The largest absolute Gasteiger partial charge is 0.374 e. The third-order valence-electron chi connectivity index (χ3n) is 4.21. The zero-order chi connectivity index (χ0) is 17.6. The van der Waals surface area contributed by atoms with Crippen LogP contribution in [0.25, 0.3) is 11.1 Å². The number of halogens is 2. The normalized spacial score (nSPS) is 16.7. The standard InChI is InChI=1S/C19H22ClN3O2.ClH/c20-16-3-1-2-15(12-16)14-4-6-17(7-5-14)22-19(24)23-10-11-25-18(13-23)8-9-21;/h1-7,12,18H,8-11,13,21H2,(H,22,24);1H. The quantitative estimate of drug-likeness (QED) is 0.821.